The molecule has 1 atom stereocenters. The van der Waals surface area contributed by atoms with Gasteiger partial charge in [-0.25, -0.2) is 8.42 Å². The smallest absolute Gasteiger partial charge is 0.151 e. The largest absolute Gasteiger partial charge is 0.312 e. The Bertz CT molecular complexity index is 433. The topological polar surface area (TPSA) is 49.4 Å². The maximum atomic E-state index is 11.4. The Morgan fingerprint density at radius 3 is 2.38 bits per heavy atom. The fourth-order valence-electron chi connectivity index (χ4n) is 4.44. The van der Waals surface area contributed by atoms with Crippen LogP contribution in [0.15, 0.2) is 0 Å². The fraction of sp³-hybridized carbons (Fsp3) is 1.00. The molecule has 0 bridgehead atoms. The van der Waals surface area contributed by atoms with Crippen molar-refractivity contribution in [3.05, 3.63) is 0 Å². The molecule has 2 heterocycles. The highest BCUT2D eigenvalue weighted by Crippen LogP contribution is 2.44. The molecule has 0 radical (unpaired) electrons. The van der Waals surface area contributed by atoms with Gasteiger partial charge in [-0.2, -0.15) is 0 Å². The molecule has 122 valence electrons. The van der Waals surface area contributed by atoms with Crippen molar-refractivity contribution in [1.29, 1.82) is 0 Å². The minimum absolute atomic E-state index is 0.199. The monoisotopic (exact) mass is 314 g/mol. The van der Waals surface area contributed by atoms with E-state index in [4.69, 9.17) is 0 Å². The summed E-state index contributed by atoms with van der Waals surface area (Å²) in [6.45, 7) is 4.50. The van der Waals surface area contributed by atoms with E-state index < -0.39 is 9.84 Å². The van der Waals surface area contributed by atoms with Crippen molar-refractivity contribution in [2.75, 3.05) is 37.7 Å². The number of rotatable bonds is 4. The summed E-state index contributed by atoms with van der Waals surface area (Å²) in [5.74, 6) is 0.715. The van der Waals surface area contributed by atoms with Gasteiger partial charge in [-0.05, 0) is 50.6 Å². The van der Waals surface area contributed by atoms with E-state index in [2.05, 4.69) is 10.2 Å². The van der Waals surface area contributed by atoms with Crippen LogP contribution in [0.25, 0.3) is 0 Å². The molecule has 0 aromatic heterocycles. The molecule has 2 saturated heterocycles. The Kier molecular flexibility index (Phi) is 4.91. The molecule has 21 heavy (non-hydrogen) atoms. The van der Waals surface area contributed by atoms with Gasteiger partial charge >= 0.3 is 0 Å². The highest BCUT2D eigenvalue weighted by atomic mass is 32.2. The highest BCUT2D eigenvalue weighted by molar-refractivity contribution is 7.91. The summed E-state index contributed by atoms with van der Waals surface area (Å²) in [5, 5.41) is 3.43. The predicted octanol–water partition coefficient (Wildman–Crippen LogP) is 1.81. The minimum Gasteiger partial charge on any atom is -0.312 e. The van der Waals surface area contributed by atoms with Crippen molar-refractivity contribution in [3.63, 3.8) is 0 Å². The van der Waals surface area contributed by atoms with Crippen LogP contribution < -0.4 is 5.32 Å². The number of nitrogens with zero attached hydrogens (tertiary/aromatic N) is 1. The Morgan fingerprint density at radius 1 is 1.05 bits per heavy atom. The van der Waals surface area contributed by atoms with Gasteiger partial charge < -0.3 is 10.2 Å². The molecular formula is C16H30N2O2S. The molecular weight excluding hydrogens is 284 g/mol. The molecule has 4 nitrogen and oxygen atoms in total. The van der Waals surface area contributed by atoms with E-state index in [0.29, 0.717) is 16.9 Å². The van der Waals surface area contributed by atoms with Crippen LogP contribution in [-0.2, 0) is 9.84 Å². The van der Waals surface area contributed by atoms with E-state index in [-0.39, 0.29) is 6.04 Å². The molecule has 3 aliphatic rings. The zero-order chi connectivity index (χ0) is 14.8. The van der Waals surface area contributed by atoms with Crippen molar-refractivity contribution >= 4 is 9.84 Å². The zero-order valence-corrected chi connectivity index (χ0v) is 14.0. The third kappa shape index (κ3) is 4.20. The van der Waals surface area contributed by atoms with Crippen molar-refractivity contribution in [1.82, 2.24) is 10.2 Å². The maximum Gasteiger partial charge on any atom is 0.151 e. The van der Waals surface area contributed by atoms with Crippen molar-refractivity contribution in [3.8, 4) is 0 Å². The fourth-order valence-corrected chi connectivity index (χ4v) is 6.14. The lowest BCUT2D eigenvalue weighted by molar-refractivity contribution is 0.0681. The molecule has 0 aromatic rings. The van der Waals surface area contributed by atoms with Crippen LogP contribution in [0, 0.1) is 5.41 Å². The van der Waals surface area contributed by atoms with Crippen molar-refractivity contribution in [2.45, 2.75) is 57.4 Å². The average molecular weight is 314 g/mol. The molecule has 1 unspecified atom stereocenters. The number of hydrogen-bond acceptors (Lipinski definition) is 4. The van der Waals surface area contributed by atoms with Gasteiger partial charge in [0, 0.05) is 19.1 Å². The summed E-state index contributed by atoms with van der Waals surface area (Å²) in [6.07, 6.45) is 10.8. The molecule has 1 N–H and O–H groups in total. The first kappa shape index (κ1) is 15.8. The van der Waals surface area contributed by atoms with Gasteiger partial charge in [0.1, 0.15) is 0 Å². The second-order valence-electron chi connectivity index (χ2n) is 7.46. The summed E-state index contributed by atoms with van der Waals surface area (Å²) in [6, 6.07) is 0.199. The van der Waals surface area contributed by atoms with Crippen LogP contribution in [0.4, 0.5) is 0 Å². The van der Waals surface area contributed by atoms with E-state index in [1.54, 1.807) is 0 Å². The van der Waals surface area contributed by atoms with Crippen LogP contribution >= 0.6 is 0 Å². The number of piperidine rings is 1. The Balaban J connectivity index is 1.34. The molecule has 2 aliphatic heterocycles. The Hall–Kier alpha value is -0.130. The molecule has 3 fully saturated rings. The number of nitrogens with one attached hydrogen (secondary N) is 1. The third-order valence-corrected chi connectivity index (χ3v) is 7.69. The second-order valence-corrected chi connectivity index (χ2v) is 9.69. The summed E-state index contributed by atoms with van der Waals surface area (Å²) in [4.78, 5) is 2.57. The predicted molar refractivity (Wildman–Crippen MR) is 86.3 cm³/mol. The molecule has 5 heteroatoms. The van der Waals surface area contributed by atoms with Crippen LogP contribution in [0.5, 0.6) is 0 Å². The van der Waals surface area contributed by atoms with Gasteiger partial charge in [-0.3, -0.25) is 0 Å². The minimum atomic E-state index is -2.75. The lowest BCUT2D eigenvalue weighted by Gasteiger charge is -2.44. The maximum absolute atomic E-state index is 11.4. The van der Waals surface area contributed by atoms with E-state index in [9.17, 15) is 8.42 Å². The standard InChI is InChI=1S/C16H30N2O2S/c19-21(20)13-4-15(14-21)17-9-12-18-10-7-16(8-11-18)5-2-1-3-6-16/h15,17H,1-14H2. The van der Waals surface area contributed by atoms with Crippen LogP contribution in [0.2, 0.25) is 0 Å². The van der Waals surface area contributed by atoms with Crippen molar-refractivity contribution < 1.29 is 8.42 Å². The number of likely N-dealkylation sites (tertiary alicyclic amines) is 1. The summed E-state index contributed by atoms with van der Waals surface area (Å²) >= 11 is 0. The molecule has 0 aromatic carbocycles. The van der Waals surface area contributed by atoms with E-state index in [1.165, 1.54) is 58.0 Å². The third-order valence-electron chi connectivity index (χ3n) is 5.92. The van der Waals surface area contributed by atoms with E-state index >= 15 is 0 Å². The van der Waals surface area contributed by atoms with Crippen LogP contribution in [0.3, 0.4) is 0 Å². The van der Waals surface area contributed by atoms with E-state index in [1.807, 2.05) is 0 Å². The summed E-state index contributed by atoms with van der Waals surface area (Å²) in [7, 11) is -2.75. The Labute approximate surface area is 129 Å². The van der Waals surface area contributed by atoms with Gasteiger partial charge in [-0.15, -0.1) is 0 Å². The Morgan fingerprint density at radius 2 is 1.76 bits per heavy atom. The lowest BCUT2D eigenvalue weighted by Crippen LogP contribution is -2.44. The highest BCUT2D eigenvalue weighted by Gasteiger charge is 2.35. The van der Waals surface area contributed by atoms with Crippen LogP contribution in [-0.4, -0.2) is 57.0 Å². The first-order valence-electron chi connectivity index (χ1n) is 8.73. The van der Waals surface area contributed by atoms with Gasteiger partial charge in [0.25, 0.3) is 0 Å². The van der Waals surface area contributed by atoms with Gasteiger partial charge in [-0.1, -0.05) is 19.3 Å². The second kappa shape index (κ2) is 6.55. The molecule has 1 saturated carbocycles. The van der Waals surface area contributed by atoms with E-state index in [0.717, 1.165) is 19.5 Å². The normalized spacial score (nSPS) is 32.5. The quantitative estimate of drug-likeness (QED) is 0.860. The first-order valence-corrected chi connectivity index (χ1v) is 10.6. The summed E-state index contributed by atoms with van der Waals surface area (Å²) in [5.41, 5.74) is 0.682. The van der Waals surface area contributed by atoms with Gasteiger partial charge in [0.15, 0.2) is 9.84 Å². The summed E-state index contributed by atoms with van der Waals surface area (Å²) < 4.78 is 22.9. The molecule has 1 spiro atoms. The lowest BCUT2D eigenvalue weighted by atomic mass is 9.68. The van der Waals surface area contributed by atoms with Gasteiger partial charge in [0.2, 0.25) is 0 Å². The SMILES string of the molecule is O=S1(=O)CCC(NCCN2CCC3(CCCCC3)CC2)C1. The van der Waals surface area contributed by atoms with Crippen LogP contribution in [0.1, 0.15) is 51.4 Å². The zero-order valence-electron chi connectivity index (χ0n) is 13.1. The average Bonchev–Trinajstić information content (AvgIpc) is 2.82. The number of hydrogen-bond donors (Lipinski definition) is 1. The van der Waals surface area contributed by atoms with Gasteiger partial charge in [0.05, 0.1) is 11.5 Å². The molecule has 1 aliphatic carbocycles. The molecule has 3 rings (SSSR count). The number of sulfone groups is 1. The van der Waals surface area contributed by atoms with Crippen molar-refractivity contribution in [2.24, 2.45) is 5.41 Å². The first-order chi connectivity index (χ1) is 10.1. The molecule has 0 amide bonds.